The first-order valence-electron chi connectivity index (χ1n) is 9.31. The van der Waals surface area contributed by atoms with Gasteiger partial charge in [-0.25, -0.2) is 0 Å². The Morgan fingerprint density at radius 3 is 2.48 bits per heavy atom. The molecule has 0 amide bonds. The van der Waals surface area contributed by atoms with Gasteiger partial charge < -0.3 is 14.6 Å². The van der Waals surface area contributed by atoms with Crippen LogP contribution in [-0.2, 0) is 14.3 Å². The van der Waals surface area contributed by atoms with E-state index in [1.54, 1.807) is 7.11 Å². The Hall–Kier alpha value is -1.26. The molecule has 25 heavy (non-hydrogen) atoms. The smallest absolute Gasteiger partial charge is 0.146 e. The minimum absolute atomic E-state index is 0.00507. The molecule has 140 valence electrons. The summed E-state index contributed by atoms with van der Waals surface area (Å²) < 4.78 is 5.27. The molecule has 0 aromatic heterocycles. The lowest BCUT2D eigenvalue weighted by Gasteiger charge is -2.31. The van der Waals surface area contributed by atoms with Gasteiger partial charge in [-0.15, -0.1) is 0 Å². The summed E-state index contributed by atoms with van der Waals surface area (Å²) in [7, 11) is 1.58. The fraction of sp³-hybridized carbons (Fsp3) is 0.714. The van der Waals surface area contributed by atoms with E-state index in [1.165, 1.54) is 5.57 Å². The normalized spacial score (nSPS) is 35.6. The number of carbonyl (C=O) groups is 2. The summed E-state index contributed by atoms with van der Waals surface area (Å²) in [5.74, 6) is 0.187. The summed E-state index contributed by atoms with van der Waals surface area (Å²) in [5.41, 5.74) is 1.50. The molecule has 2 rings (SSSR count). The standard InChI is InChI=1S/C21H32O4/c1-14(2)16-6-8-20(4,19(16)12-23)10-18-17(15(3)11-22)7-9-21(18,24)13-25-5/h10-12,14-15,17,24H,6-9,13H2,1-5H3/t15-,17-,20+,21-/m0/s1. The van der Waals surface area contributed by atoms with Gasteiger partial charge >= 0.3 is 0 Å². The molecule has 0 aromatic rings. The maximum absolute atomic E-state index is 11.8. The first kappa shape index (κ1) is 20.1. The highest BCUT2D eigenvalue weighted by Gasteiger charge is 2.47. The molecular formula is C21H32O4. The van der Waals surface area contributed by atoms with E-state index in [0.29, 0.717) is 12.3 Å². The predicted octanol–water partition coefficient (Wildman–Crippen LogP) is 3.49. The maximum Gasteiger partial charge on any atom is 0.146 e. The molecule has 0 bridgehead atoms. The number of ether oxygens (including phenoxy) is 1. The van der Waals surface area contributed by atoms with Crippen LogP contribution >= 0.6 is 0 Å². The Morgan fingerprint density at radius 2 is 1.96 bits per heavy atom. The second-order valence-electron chi connectivity index (χ2n) is 8.33. The second kappa shape index (κ2) is 7.55. The van der Waals surface area contributed by atoms with E-state index in [9.17, 15) is 14.7 Å². The van der Waals surface area contributed by atoms with Crippen molar-refractivity contribution in [1.82, 2.24) is 0 Å². The van der Waals surface area contributed by atoms with Crippen LogP contribution in [0.2, 0.25) is 0 Å². The SMILES string of the molecule is COC[C@@]1(O)CC[C@@H]([C@@H](C)C=O)C1=C[C@@]1(C)CCC(C(C)C)=C1C=O. The molecule has 0 spiro atoms. The van der Waals surface area contributed by atoms with Gasteiger partial charge in [0.25, 0.3) is 0 Å². The number of carbonyl (C=O) groups excluding carboxylic acids is 2. The molecular weight excluding hydrogens is 316 g/mol. The largest absolute Gasteiger partial charge is 0.383 e. The number of methoxy groups -OCH3 is 1. The van der Waals surface area contributed by atoms with Crippen molar-refractivity contribution in [2.45, 2.75) is 59.0 Å². The number of aldehydes is 2. The minimum atomic E-state index is -1.05. The molecule has 0 aromatic carbocycles. The lowest BCUT2D eigenvalue weighted by molar-refractivity contribution is -0.111. The van der Waals surface area contributed by atoms with Crippen molar-refractivity contribution < 1.29 is 19.4 Å². The molecule has 0 heterocycles. The van der Waals surface area contributed by atoms with Gasteiger partial charge in [-0.3, -0.25) is 4.79 Å². The van der Waals surface area contributed by atoms with Crippen molar-refractivity contribution >= 4 is 12.6 Å². The molecule has 4 atom stereocenters. The van der Waals surface area contributed by atoms with Crippen LogP contribution in [0.15, 0.2) is 22.8 Å². The molecule has 0 radical (unpaired) electrons. The van der Waals surface area contributed by atoms with Gasteiger partial charge in [-0.1, -0.05) is 39.3 Å². The molecule has 2 aliphatic rings. The first-order valence-corrected chi connectivity index (χ1v) is 9.31. The minimum Gasteiger partial charge on any atom is -0.383 e. The average molecular weight is 348 g/mol. The van der Waals surface area contributed by atoms with Crippen molar-refractivity contribution in [2.24, 2.45) is 23.2 Å². The number of aliphatic hydroxyl groups is 1. The molecule has 4 nitrogen and oxygen atoms in total. The fourth-order valence-electron chi connectivity index (χ4n) is 4.65. The summed E-state index contributed by atoms with van der Waals surface area (Å²) in [6.45, 7) is 8.43. The van der Waals surface area contributed by atoms with E-state index in [2.05, 4.69) is 26.8 Å². The maximum atomic E-state index is 11.8. The highest BCUT2D eigenvalue weighted by Crippen LogP contribution is 2.51. The summed E-state index contributed by atoms with van der Waals surface area (Å²) in [5, 5.41) is 11.2. The number of allylic oxidation sites excluding steroid dienone is 3. The third-order valence-electron chi connectivity index (χ3n) is 6.20. The fourth-order valence-corrected chi connectivity index (χ4v) is 4.65. The summed E-state index contributed by atoms with van der Waals surface area (Å²) >= 11 is 0. The van der Waals surface area contributed by atoms with E-state index in [4.69, 9.17) is 4.74 Å². The van der Waals surface area contributed by atoms with Crippen molar-refractivity contribution in [3.63, 3.8) is 0 Å². The van der Waals surface area contributed by atoms with Gasteiger partial charge in [0, 0.05) is 24.0 Å². The van der Waals surface area contributed by atoms with Crippen LogP contribution in [-0.4, -0.2) is 37.0 Å². The van der Waals surface area contributed by atoms with E-state index >= 15 is 0 Å². The van der Waals surface area contributed by atoms with Gasteiger partial charge in [0.05, 0.1) is 6.61 Å². The summed E-state index contributed by atoms with van der Waals surface area (Å²) in [6, 6.07) is 0. The number of hydrogen-bond acceptors (Lipinski definition) is 4. The summed E-state index contributed by atoms with van der Waals surface area (Å²) in [4.78, 5) is 23.2. The molecule has 1 N–H and O–H groups in total. The molecule has 1 saturated carbocycles. The molecule has 1 fully saturated rings. The van der Waals surface area contributed by atoms with Crippen molar-refractivity contribution in [1.29, 1.82) is 0 Å². The Bertz CT molecular complexity index is 589. The van der Waals surface area contributed by atoms with Gasteiger partial charge in [0.2, 0.25) is 0 Å². The molecule has 2 aliphatic carbocycles. The van der Waals surface area contributed by atoms with Crippen molar-refractivity contribution in [3.8, 4) is 0 Å². The van der Waals surface area contributed by atoms with Crippen LogP contribution in [0.3, 0.4) is 0 Å². The predicted molar refractivity (Wildman–Crippen MR) is 98.1 cm³/mol. The quantitative estimate of drug-likeness (QED) is 0.565. The molecule has 0 saturated heterocycles. The van der Waals surface area contributed by atoms with Crippen molar-refractivity contribution in [3.05, 3.63) is 22.8 Å². The third-order valence-corrected chi connectivity index (χ3v) is 6.20. The van der Waals surface area contributed by atoms with Gasteiger partial charge in [-0.05, 0) is 43.1 Å². The Labute approximate surface area is 151 Å². The number of hydrogen-bond donors (Lipinski definition) is 1. The van der Waals surface area contributed by atoms with Crippen LogP contribution in [0.4, 0.5) is 0 Å². The van der Waals surface area contributed by atoms with Gasteiger partial charge in [-0.2, -0.15) is 0 Å². The summed E-state index contributed by atoms with van der Waals surface area (Å²) in [6.07, 6.45) is 7.16. The van der Waals surface area contributed by atoms with Gasteiger partial charge in [0.15, 0.2) is 0 Å². The second-order valence-corrected chi connectivity index (χ2v) is 8.33. The van der Waals surface area contributed by atoms with Gasteiger partial charge in [0.1, 0.15) is 18.2 Å². The van der Waals surface area contributed by atoms with Crippen molar-refractivity contribution in [2.75, 3.05) is 13.7 Å². The molecule has 0 unspecified atom stereocenters. The monoisotopic (exact) mass is 348 g/mol. The molecule has 0 aliphatic heterocycles. The lowest BCUT2D eigenvalue weighted by Crippen LogP contribution is -2.35. The van der Waals surface area contributed by atoms with Crippen LogP contribution in [0.25, 0.3) is 0 Å². The lowest BCUT2D eigenvalue weighted by atomic mass is 9.76. The zero-order chi connectivity index (χ0) is 18.8. The van der Waals surface area contributed by atoms with Crippen LogP contribution in [0, 0.1) is 23.2 Å². The molecule has 4 heteroatoms. The number of rotatable bonds is 7. The topological polar surface area (TPSA) is 63.6 Å². The van der Waals surface area contributed by atoms with E-state index in [1.807, 2.05) is 6.92 Å². The van der Waals surface area contributed by atoms with E-state index in [0.717, 1.165) is 43.0 Å². The first-order chi connectivity index (χ1) is 11.7. The highest BCUT2D eigenvalue weighted by atomic mass is 16.5. The average Bonchev–Trinajstić information content (AvgIpc) is 3.05. The third kappa shape index (κ3) is 3.65. The van der Waals surface area contributed by atoms with E-state index < -0.39 is 5.60 Å². The van der Waals surface area contributed by atoms with E-state index in [-0.39, 0.29) is 23.9 Å². The highest BCUT2D eigenvalue weighted by molar-refractivity contribution is 5.79. The van der Waals surface area contributed by atoms with Crippen LogP contribution in [0.5, 0.6) is 0 Å². The van der Waals surface area contributed by atoms with Crippen LogP contribution in [0.1, 0.15) is 53.4 Å². The zero-order valence-electron chi connectivity index (χ0n) is 16.2. The Kier molecular flexibility index (Phi) is 6.05. The Morgan fingerprint density at radius 1 is 1.28 bits per heavy atom. The zero-order valence-corrected chi connectivity index (χ0v) is 16.2. The Balaban J connectivity index is 2.52. The van der Waals surface area contributed by atoms with Crippen LogP contribution < -0.4 is 0 Å².